The third-order valence-corrected chi connectivity index (χ3v) is 4.95. The van der Waals surface area contributed by atoms with Crippen LogP contribution < -0.4 is 0 Å². The number of rotatable bonds is 3. The van der Waals surface area contributed by atoms with Crippen molar-refractivity contribution in [1.82, 2.24) is 0 Å². The van der Waals surface area contributed by atoms with Crippen molar-refractivity contribution < 1.29 is 14.6 Å². The Balaban J connectivity index is 2.12. The molecular formula is C14H24O3. The van der Waals surface area contributed by atoms with E-state index in [0.717, 1.165) is 18.8 Å². The van der Waals surface area contributed by atoms with E-state index in [-0.39, 0.29) is 0 Å². The van der Waals surface area contributed by atoms with Crippen molar-refractivity contribution in [2.75, 3.05) is 13.2 Å². The molecule has 1 N–H and O–H groups in total. The summed E-state index contributed by atoms with van der Waals surface area (Å²) in [5.41, 5.74) is -0.480. The van der Waals surface area contributed by atoms with Gasteiger partial charge in [-0.2, -0.15) is 0 Å². The Morgan fingerprint density at radius 2 is 2.06 bits per heavy atom. The molecular weight excluding hydrogens is 216 g/mol. The van der Waals surface area contributed by atoms with E-state index < -0.39 is 11.4 Å². The average Bonchev–Trinajstić information content (AvgIpc) is 2.39. The minimum Gasteiger partial charge on any atom is -0.481 e. The van der Waals surface area contributed by atoms with Crippen molar-refractivity contribution >= 4 is 5.97 Å². The van der Waals surface area contributed by atoms with Crippen LogP contribution in [0.15, 0.2) is 0 Å². The molecule has 1 aliphatic heterocycles. The standard InChI is InChI=1S/C14H24O3/c1-2-11-4-3-5-12(10-11)14(13(15)16)6-8-17-9-7-14/h11-12H,2-10H2,1H3,(H,15,16). The maximum absolute atomic E-state index is 11.7. The van der Waals surface area contributed by atoms with Gasteiger partial charge >= 0.3 is 5.97 Å². The van der Waals surface area contributed by atoms with Gasteiger partial charge in [0.15, 0.2) is 0 Å². The number of aliphatic carboxylic acids is 1. The second-order valence-electron chi connectivity index (χ2n) is 5.71. The largest absolute Gasteiger partial charge is 0.481 e. The van der Waals surface area contributed by atoms with Gasteiger partial charge in [0.05, 0.1) is 5.41 Å². The molecule has 3 nitrogen and oxygen atoms in total. The molecule has 1 saturated heterocycles. The first-order valence-electron chi connectivity index (χ1n) is 7.00. The highest BCUT2D eigenvalue weighted by Gasteiger charge is 2.47. The van der Waals surface area contributed by atoms with Gasteiger partial charge in [-0.05, 0) is 37.5 Å². The van der Waals surface area contributed by atoms with Crippen LogP contribution in [0.3, 0.4) is 0 Å². The van der Waals surface area contributed by atoms with Gasteiger partial charge in [-0.25, -0.2) is 0 Å². The van der Waals surface area contributed by atoms with Gasteiger partial charge < -0.3 is 9.84 Å². The summed E-state index contributed by atoms with van der Waals surface area (Å²) in [5, 5.41) is 9.64. The Bertz CT molecular complexity index is 269. The summed E-state index contributed by atoms with van der Waals surface area (Å²) in [6.45, 7) is 3.48. The summed E-state index contributed by atoms with van der Waals surface area (Å²) in [7, 11) is 0. The zero-order valence-electron chi connectivity index (χ0n) is 10.8. The number of ether oxygens (including phenoxy) is 1. The number of hydrogen-bond donors (Lipinski definition) is 1. The van der Waals surface area contributed by atoms with Crippen LogP contribution in [0, 0.1) is 17.3 Å². The van der Waals surface area contributed by atoms with E-state index in [4.69, 9.17) is 4.74 Å². The number of carbonyl (C=O) groups is 1. The molecule has 2 aliphatic rings. The predicted octanol–water partition coefficient (Wildman–Crippen LogP) is 3.08. The molecule has 0 aromatic rings. The van der Waals surface area contributed by atoms with Crippen LogP contribution in [-0.4, -0.2) is 24.3 Å². The predicted molar refractivity (Wildman–Crippen MR) is 65.9 cm³/mol. The van der Waals surface area contributed by atoms with E-state index in [0.29, 0.717) is 32.0 Å². The summed E-state index contributed by atoms with van der Waals surface area (Å²) in [6, 6.07) is 0. The number of carboxylic acids is 1. The quantitative estimate of drug-likeness (QED) is 0.824. The molecule has 1 heterocycles. The van der Waals surface area contributed by atoms with Crippen LogP contribution in [0.4, 0.5) is 0 Å². The normalized spacial score (nSPS) is 33.2. The fourth-order valence-corrected chi connectivity index (χ4v) is 3.70. The van der Waals surface area contributed by atoms with Crippen molar-refractivity contribution in [2.24, 2.45) is 17.3 Å². The van der Waals surface area contributed by atoms with Crippen LogP contribution in [0.2, 0.25) is 0 Å². The lowest BCUT2D eigenvalue weighted by Crippen LogP contribution is -2.45. The zero-order valence-corrected chi connectivity index (χ0v) is 10.8. The van der Waals surface area contributed by atoms with Gasteiger partial charge in [-0.15, -0.1) is 0 Å². The van der Waals surface area contributed by atoms with Crippen LogP contribution in [0.1, 0.15) is 51.9 Å². The Hall–Kier alpha value is -0.570. The monoisotopic (exact) mass is 240 g/mol. The van der Waals surface area contributed by atoms with Crippen LogP contribution in [0.25, 0.3) is 0 Å². The molecule has 0 aromatic heterocycles. The van der Waals surface area contributed by atoms with Gasteiger partial charge in [0.25, 0.3) is 0 Å². The molecule has 0 spiro atoms. The molecule has 98 valence electrons. The summed E-state index contributed by atoms with van der Waals surface area (Å²) in [5.74, 6) is 0.540. The molecule has 2 fully saturated rings. The van der Waals surface area contributed by atoms with Crippen molar-refractivity contribution in [2.45, 2.75) is 51.9 Å². The topological polar surface area (TPSA) is 46.5 Å². The van der Waals surface area contributed by atoms with Crippen LogP contribution >= 0.6 is 0 Å². The van der Waals surface area contributed by atoms with E-state index in [1.165, 1.54) is 19.3 Å². The zero-order chi connectivity index (χ0) is 12.3. The lowest BCUT2D eigenvalue weighted by Gasteiger charge is -2.43. The highest BCUT2D eigenvalue weighted by molar-refractivity contribution is 5.75. The molecule has 0 bridgehead atoms. The maximum atomic E-state index is 11.7. The van der Waals surface area contributed by atoms with E-state index in [9.17, 15) is 9.90 Å². The third-order valence-electron chi connectivity index (χ3n) is 4.95. The van der Waals surface area contributed by atoms with Crippen molar-refractivity contribution in [3.63, 3.8) is 0 Å². The minimum atomic E-state index is -0.581. The molecule has 0 radical (unpaired) electrons. The third kappa shape index (κ3) is 2.49. The molecule has 1 saturated carbocycles. The van der Waals surface area contributed by atoms with Crippen LogP contribution in [-0.2, 0) is 9.53 Å². The summed E-state index contributed by atoms with van der Waals surface area (Å²) in [4.78, 5) is 11.7. The number of hydrogen-bond acceptors (Lipinski definition) is 2. The van der Waals surface area contributed by atoms with Crippen molar-refractivity contribution in [1.29, 1.82) is 0 Å². The van der Waals surface area contributed by atoms with Gasteiger partial charge in [0, 0.05) is 13.2 Å². The van der Waals surface area contributed by atoms with Crippen LogP contribution in [0.5, 0.6) is 0 Å². The average molecular weight is 240 g/mol. The van der Waals surface area contributed by atoms with E-state index in [2.05, 4.69) is 6.92 Å². The smallest absolute Gasteiger partial charge is 0.310 e. The Kier molecular flexibility index (Phi) is 4.08. The lowest BCUT2D eigenvalue weighted by molar-refractivity contribution is -0.162. The first-order valence-corrected chi connectivity index (χ1v) is 7.00. The summed E-state index contributed by atoms with van der Waals surface area (Å²) in [6.07, 6.45) is 7.33. The Labute approximate surface area is 104 Å². The SMILES string of the molecule is CCC1CCCC(C2(C(=O)O)CCOCC2)C1. The molecule has 3 heteroatoms. The summed E-state index contributed by atoms with van der Waals surface area (Å²) >= 11 is 0. The van der Waals surface area contributed by atoms with Crippen molar-refractivity contribution in [3.8, 4) is 0 Å². The van der Waals surface area contributed by atoms with Crippen molar-refractivity contribution in [3.05, 3.63) is 0 Å². The molecule has 0 aromatic carbocycles. The fraction of sp³-hybridized carbons (Fsp3) is 0.929. The maximum Gasteiger partial charge on any atom is 0.310 e. The second kappa shape index (κ2) is 5.38. The molecule has 1 aliphatic carbocycles. The number of carboxylic acid groups (broad SMARTS) is 1. The fourth-order valence-electron chi connectivity index (χ4n) is 3.70. The molecule has 2 unspecified atom stereocenters. The molecule has 2 atom stereocenters. The molecule has 0 amide bonds. The summed E-state index contributed by atoms with van der Waals surface area (Å²) < 4.78 is 5.36. The van der Waals surface area contributed by atoms with Gasteiger partial charge in [-0.3, -0.25) is 4.79 Å². The Morgan fingerprint density at radius 3 is 2.65 bits per heavy atom. The Morgan fingerprint density at radius 1 is 1.35 bits per heavy atom. The van der Waals surface area contributed by atoms with E-state index in [1.54, 1.807) is 0 Å². The van der Waals surface area contributed by atoms with E-state index >= 15 is 0 Å². The highest BCUT2D eigenvalue weighted by atomic mass is 16.5. The molecule has 17 heavy (non-hydrogen) atoms. The second-order valence-corrected chi connectivity index (χ2v) is 5.71. The van der Waals surface area contributed by atoms with E-state index in [1.807, 2.05) is 0 Å². The van der Waals surface area contributed by atoms with Gasteiger partial charge in [0.1, 0.15) is 0 Å². The van der Waals surface area contributed by atoms with Gasteiger partial charge in [0.2, 0.25) is 0 Å². The first-order chi connectivity index (χ1) is 8.19. The lowest BCUT2D eigenvalue weighted by atomic mass is 9.62. The minimum absolute atomic E-state index is 0.377. The van der Waals surface area contributed by atoms with Gasteiger partial charge in [-0.1, -0.05) is 26.2 Å². The highest BCUT2D eigenvalue weighted by Crippen LogP contribution is 2.47. The molecule has 2 rings (SSSR count). The first kappa shape index (κ1) is 12.9.